The van der Waals surface area contributed by atoms with Crippen LogP contribution in [-0.4, -0.2) is 18.9 Å². The summed E-state index contributed by atoms with van der Waals surface area (Å²) in [5.41, 5.74) is 5.69. The first-order valence-corrected chi connectivity index (χ1v) is 10.4. The van der Waals surface area contributed by atoms with Crippen LogP contribution in [0.25, 0.3) is 11.0 Å². The fraction of sp³-hybridized carbons (Fsp3) is 0.364. The summed E-state index contributed by atoms with van der Waals surface area (Å²) in [7, 11) is 1.63. The first-order valence-electron chi connectivity index (χ1n) is 9.62. The maximum atomic E-state index is 12.8. The molecule has 1 aromatic carbocycles. The van der Waals surface area contributed by atoms with Gasteiger partial charge < -0.3 is 15.1 Å². The van der Waals surface area contributed by atoms with Crippen molar-refractivity contribution in [1.82, 2.24) is 5.32 Å². The number of benzene rings is 1. The molecule has 2 N–H and O–H groups in total. The minimum absolute atomic E-state index is 0.130. The second-order valence-corrected chi connectivity index (χ2v) is 8.47. The monoisotopic (exact) mass is 396 g/mol. The van der Waals surface area contributed by atoms with Gasteiger partial charge in [-0.25, -0.2) is 0 Å². The summed E-state index contributed by atoms with van der Waals surface area (Å²) >= 11 is 1.54. The molecule has 0 atom stereocenters. The maximum Gasteiger partial charge on any atom is 0.254 e. The highest BCUT2D eigenvalue weighted by molar-refractivity contribution is 7.17. The Morgan fingerprint density at radius 2 is 1.96 bits per heavy atom. The molecule has 2 heterocycles. The molecule has 1 aliphatic carbocycles. The normalized spacial score (nSPS) is 13.4. The predicted octanol–water partition coefficient (Wildman–Crippen LogP) is 4.53. The van der Waals surface area contributed by atoms with Crippen molar-refractivity contribution in [2.75, 3.05) is 12.4 Å². The molecule has 4 rings (SSSR count). The number of carbonyl (C=O) groups excluding carboxylic acids is 2. The van der Waals surface area contributed by atoms with Crippen molar-refractivity contribution >= 4 is 39.1 Å². The molecule has 2 aromatic heterocycles. The second kappa shape index (κ2) is 7.43. The number of rotatable bonds is 4. The van der Waals surface area contributed by atoms with Gasteiger partial charge in [0.15, 0.2) is 0 Å². The summed E-state index contributed by atoms with van der Waals surface area (Å²) in [5.74, 6) is -0.265. The number of hydrogen-bond donors (Lipinski definition) is 2. The molecule has 0 saturated carbocycles. The van der Waals surface area contributed by atoms with E-state index >= 15 is 0 Å². The van der Waals surface area contributed by atoms with Crippen molar-refractivity contribution in [1.29, 1.82) is 0 Å². The van der Waals surface area contributed by atoms with Gasteiger partial charge >= 0.3 is 0 Å². The van der Waals surface area contributed by atoms with Crippen LogP contribution in [0.5, 0.6) is 0 Å². The van der Waals surface area contributed by atoms with Crippen molar-refractivity contribution < 1.29 is 14.0 Å². The quantitative estimate of drug-likeness (QED) is 0.681. The van der Waals surface area contributed by atoms with E-state index in [0.717, 1.165) is 58.9 Å². The number of anilines is 1. The zero-order chi connectivity index (χ0) is 19.8. The van der Waals surface area contributed by atoms with Crippen molar-refractivity contribution in [2.45, 2.75) is 46.0 Å². The lowest BCUT2D eigenvalue weighted by Gasteiger charge is -2.12. The molecule has 0 saturated heterocycles. The number of furan rings is 1. The summed E-state index contributed by atoms with van der Waals surface area (Å²) < 4.78 is 5.72. The van der Waals surface area contributed by atoms with Gasteiger partial charge in [0.05, 0.1) is 18.2 Å². The van der Waals surface area contributed by atoms with Crippen LogP contribution in [0.4, 0.5) is 5.00 Å². The van der Waals surface area contributed by atoms with Crippen molar-refractivity contribution in [3.05, 3.63) is 51.1 Å². The number of amides is 2. The van der Waals surface area contributed by atoms with Gasteiger partial charge in [-0.2, -0.15) is 0 Å². The summed E-state index contributed by atoms with van der Waals surface area (Å²) in [5, 5.41) is 7.33. The average Bonchev–Trinajstić information content (AvgIpc) is 3.25. The molecule has 3 aromatic rings. The molecule has 0 unspecified atom stereocenters. The number of carbonyl (C=O) groups is 2. The van der Waals surface area contributed by atoms with Crippen LogP contribution < -0.4 is 10.6 Å². The van der Waals surface area contributed by atoms with E-state index in [4.69, 9.17) is 4.42 Å². The van der Waals surface area contributed by atoms with E-state index in [-0.39, 0.29) is 18.2 Å². The highest BCUT2D eigenvalue weighted by atomic mass is 32.1. The Morgan fingerprint density at radius 1 is 1.18 bits per heavy atom. The van der Waals surface area contributed by atoms with Crippen LogP contribution >= 0.6 is 11.3 Å². The Morgan fingerprint density at radius 3 is 2.75 bits per heavy atom. The zero-order valence-corrected chi connectivity index (χ0v) is 17.2. The third kappa shape index (κ3) is 3.22. The van der Waals surface area contributed by atoms with E-state index in [1.165, 1.54) is 16.2 Å². The number of aryl methyl sites for hydroxylation is 3. The molecule has 0 radical (unpaired) electrons. The molecule has 6 heteroatoms. The molecule has 2 amide bonds. The van der Waals surface area contributed by atoms with E-state index < -0.39 is 0 Å². The lowest BCUT2D eigenvalue weighted by molar-refractivity contribution is -0.115. The number of nitrogens with one attached hydrogen (secondary N) is 2. The topological polar surface area (TPSA) is 71.3 Å². The van der Waals surface area contributed by atoms with Gasteiger partial charge in [-0.05, 0) is 56.2 Å². The van der Waals surface area contributed by atoms with Crippen LogP contribution in [0.2, 0.25) is 0 Å². The largest absolute Gasteiger partial charge is 0.464 e. The number of thiophene rings is 1. The van der Waals surface area contributed by atoms with Crippen LogP contribution in [0.15, 0.2) is 22.8 Å². The average molecular weight is 397 g/mol. The van der Waals surface area contributed by atoms with Crippen LogP contribution in [0, 0.1) is 13.8 Å². The molecule has 0 bridgehead atoms. The Hall–Kier alpha value is -2.60. The Bertz CT molecular complexity index is 1080. The Kier molecular flexibility index (Phi) is 4.98. The minimum atomic E-state index is -0.135. The van der Waals surface area contributed by atoms with E-state index in [9.17, 15) is 9.59 Å². The molecule has 28 heavy (non-hydrogen) atoms. The lowest BCUT2D eigenvalue weighted by Crippen LogP contribution is -2.22. The highest BCUT2D eigenvalue weighted by Crippen LogP contribution is 2.38. The summed E-state index contributed by atoms with van der Waals surface area (Å²) in [6.07, 6.45) is 5.97. The van der Waals surface area contributed by atoms with Gasteiger partial charge in [-0.15, -0.1) is 11.3 Å². The first-order chi connectivity index (χ1) is 13.5. The molecular formula is C22H24N2O3S. The number of hydrogen-bond acceptors (Lipinski definition) is 4. The van der Waals surface area contributed by atoms with Crippen LogP contribution in [-0.2, 0) is 24.1 Å². The molecule has 146 valence electrons. The highest BCUT2D eigenvalue weighted by Gasteiger charge is 2.26. The lowest BCUT2D eigenvalue weighted by atomic mass is 9.95. The van der Waals surface area contributed by atoms with Gasteiger partial charge in [0.2, 0.25) is 5.91 Å². The third-order valence-electron chi connectivity index (χ3n) is 5.57. The van der Waals surface area contributed by atoms with E-state index in [1.807, 2.05) is 26.0 Å². The van der Waals surface area contributed by atoms with E-state index in [1.54, 1.807) is 13.3 Å². The molecule has 1 aliphatic rings. The van der Waals surface area contributed by atoms with Gasteiger partial charge in [0.1, 0.15) is 10.6 Å². The standard InChI is InChI=1S/C22H24N2O3S/c1-12-8-9-15-14(11-27-20(15)13(12)2)10-18(25)24-22-19(21(26)23-3)16-6-4-5-7-17(16)28-22/h8-9,11H,4-7,10H2,1-3H3,(H,23,26)(H,24,25). The molecule has 0 aliphatic heterocycles. The first kappa shape index (κ1) is 18.7. The minimum Gasteiger partial charge on any atom is -0.464 e. The molecule has 5 nitrogen and oxygen atoms in total. The van der Waals surface area contributed by atoms with Gasteiger partial charge in [0, 0.05) is 22.9 Å². The zero-order valence-electron chi connectivity index (χ0n) is 16.4. The van der Waals surface area contributed by atoms with Crippen molar-refractivity contribution in [3.8, 4) is 0 Å². The third-order valence-corrected chi connectivity index (χ3v) is 6.78. The van der Waals surface area contributed by atoms with Crippen LogP contribution in [0.1, 0.15) is 50.3 Å². The Balaban J connectivity index is 1.60. The number of fused-ring (bicyclic) bond motifs is 2. The summed E-state index contributed by atoms with van der Waals surface area (Å²) in [4.78, 5) is 26.4. The molecular weight excluding hydrogens is 372 g/mol. The SMILES string of the molecule is CNC(=O)c1c(NC(=O)Cc2coc3c(C)c(C)ccc23)sc2c1CCCC2. The maximum absolute atomic E-state index is 12.8. The summed E-state index contributed by atoms with van der Waals surface area (Å²) in [6, 6.07) is 4.05. The smallest absolute Gasteiger partial charge is 0.254 e. The van der Waals surface area contributed by atoms with Gasteiger partial charge in [0.25, 0.3) is 5.91 Å². The Labute approximate surface area is 168 Å². The predicted molar refractivity (Wildman–Crippen MR) is 112 cm³/mol. The molecule has 0 fully saturated rings. The van der Waals surface area contributed by atoms with Crippen molar-refractivity contribution in [2.24, 2.45) is 0 Å². The fourth-order valence-electron chi connectivity index (χ4n) is 3.89. The van der Waals surface area contributed by atoms with Crippen LogP contribution in [0.3, 0.4) is 0 Å². The van der Waals surface area contributed by atoms with Gasteiger partial charge in [-0.1, -0.05) is 12.1 Å². The van der Waals surface area contributed by atoms with E-state index in [0.29, 0.717) is 10.6 Å². The van der Waals surface area contributed by atoms with Gasteiger partial charge in [-0.3, -0.25) is 9.59 Å². The van der Waals surface area contributed by atoms with E-state index in [2.05, 4.69) is 10.6 Å². The molecule has 0 spiro atoms. The van der Waals surface area contributed by atoms with Crippen molar-refractivity contribution in [3.63, 3.8) is 0 Å². The summed E-state index contributed by atoms with van der Waals surface area (Å²) in [6.45, 7) is 4.07. The second-order valence-electron chi connectivity index (χ2n) is 7.36. The fourth-order valence-corrected chi connectivity index (χ4v) is 5.19.